The number of nitrogens with two attached hydrogens (primary N) is 1. The largest absolute Gasteiger partial charge is 0.368 e. The molecule has 110 valence electrons. The van der Waals surface area contributed by atoms with Crippen molar-refractivity contribution in [1.29, 1.82) is 0 Å². The lowest BCUT2D eigenvalue weighted by atomic mass is 10.0. The maximum Gasteiger partial charge on any atom is 0.123 e. The third kappa shape index (κ3) is 2.93. The molecular weight excluding hydrogens is 263 g/mol. The topological polar surface area (TPSA) is 29.3 Å². The van der Waals surface area contributed by atoms with Crippen LogP contribution in [0.1, 0.15) is 30.5 Å². The number of rotatable bonds is 4. The van der Waals surface area contributed by atoms with Gasteiger partial charge in [0.05, 0.1) is 0 Å². The summed E-state index contributed by atoms with van der Waals surface area (Å²) in [4.78, 5) is 2.41. The molecule has 3 heteroatoms. The molecule has 0 saturated carbocycles. The van der Waals surface area contributed by atoms with Crippen molar-refractivity contribution in [3.05, 3.63) is 65.5 Å². The Bertz CT molecular complexity index is 626. The fraction of sp³-hybridized carbons (Fsp3) is 0.333. The predicted octanol–water partition coefficient (Wildman–Crippen LogP) is 3.67. The number of nitrogens with zero attached hydrogens (tertiary/aromatic N) is 1. The van der Waals surface area contributed by atoms with Crippen molar-refractivity contribution in [3.8, 4) is 0 Å². The van der Waals surface area contributed by atoms with Crippen LogP contribution < -0.4 is 10.6 Å². The number of hydrogen-bond donors (Lipinski definition) is 1. The lowest BCUT2D eigenvalue weighted by Gasteiger charge is -2.26. The Labute approximate surface area is 125 Å². The minimum Gasteiger partial charge on any atom is -0.368 e. The van der Waals surface area contributed by atoms with E-state index in [9.17, 15) is 4.39 Å². The summed E-state index contributed by atoms with van der Waals surface area (Å²) >= 11 is 0. The molecule has 3 rings (SSSR count). The Hall–Kier alpha value is -1.87. The van der Waals surface area contributed by atoms with Crippen LogP contribution >= 0.6 is 0 Å². The molecule has 21 heavy (non-hydrogen) atoms. The molecule has 2 atom stereocenters. The van der Waals surface area contributed by atoms with Crippen LogP contribution in [0.3, 0.4) is 0 Å². The van der Waals surface area contributed by atoms with E-state index >= 15 is 0 Å². The van der Waals surface area contributed by atoms with Gasteiger partial charge in [-0.2, -0.15) is 0 Å². The quantitative estimate of drug-likeness (QED) is 0.928. The van der Waals surface area contributed by atoms with Crippen LogP contribution in [0, 0.1) is 5.82 Å². The second-order valence-electron chi connectivity index (χ2n) is 5.83. The van der Waals surface area contributed by atoms with Gasteiger partial charge < -0.3 is 10.6 Å². The monoisotopic (exact) mass is 284 g/mol. The highest BCUT2D eigenvalue weighted by atomic mass is 19.1. The van der Waals surface area contributed by atoms with Crippen LogP contribution in [-0.2, 0) is 6.42 Å². The van der Waals surface area contributed by atoms with Crippen LogP contribution in [0.15, 0.2) is 48.5 Å². The fourth-order valence-corrected chi connectivity index (χ4v) is 3.15. The number of hydrogen-bond acceptors (Lipinski definition) is 2. The first-order valence-corrected chi connectivity index (χ1v) is 7.51. The van der Waals surface area contributed by atoms with Gasteiger partial charge in [0.25, 0.3) is 0 Å². The van der Waals surface area contributed by atoms with E-state index in [2.05, 4.69) is 36.1 Å². The molecule has 0 aliphatic carbocycles. The fourth-order valence-electron chi connectivity index (χ4n) is 3.15. The first-order valence-electron chi connectivity index (χ1n) is 7.51. The molecule has 0 saturated heterocycles. The first kappa shape index (κ1) is 14.1. The van der Waals surface area contributed by atoms with Gasteiger partial charge in [-0.1, -0.05) is 30.3 Å². The maximum atomic E-state index is 13.3. The summed E-state index contributed by atoms with van der Waals surface area (Å²) in [6.45, 7) is 3.14. The van der Waals surface area contributed by atoms with Gasteiger partial charge in [0.15, 0.2) is 0 Å². The molecule has 0 spiro atoms. The van der Waals surface area contributed by atoms with Crippen LogP contribution in [-0.4, -0.2) is 12.6 Å². The third-order valence-corrected chi connectivity index (χ3v) is 4.31. The zero-order chi connectivity index (χ0) is 14.8. The van der Waals surface area contributed by atoms with E-state index in [4.69, 9.17) is 5.73 Å². The molecule has 1 aliphatic heterocycles. The molecule has 0 amide bonds. The Morgan fingerprint density at radius 3 is 2.86 bits per heavy atom. The van der Waals surface area contributed by atoms with Gasteiger partial charge in [-0.25, -0.2) is 4.39 Å². The van der Waals surface area contributed by atoms with Gasteiger partial charge >= 0.3 is 0 Å². The number of anilines is 1. The van der Waals surface area contributed by atoms with E-state index in [-0.39, 0.29) is 11.9 Å². The normalized spacial score (nSPS) is 18.6. The van der Waals surface area contributed by atoms with E-state index in [1.807, 2.05) is 6.07 Å². The summed E-state index contributed by atoms with van der Waals surface area (Å²) in [6, 6.07) is 15.5. The van der Waals surface area contributed by atoms with Crippen molar-refractivity contribution in [2.45, 2.75) is 31.8 Å². The molecule has 2 aromatic rings. The average Bonchev–Trinajstić information content (AvgIpc) is 2.80. The Morgan fingerprint density at radius 1 is 1.24 bits per heavy atom. The summed E-state index contributed by atoms with van der Waals surface area (Å²) < 4.78 is 13.3. The lowest BCUT2D eigenvalue weighted by molar-refractivity contribution is 0.583. The minimum atomic E-state index is -0.220. The second kappa shape index (κ2) is 5.86. The van der Waals surface area contributed by atoms with Gasteiger partial charge in [0, 0.05) is 24.3 Å². The molecule has 0 fully saturated rings. The van der Waals surface area contributed by atoms with Crippen molar-refractivity contribution >= 4 is 5.69 Å². The van der Waals surface area contributed by atoms with Crippen molar-refractivity contribution in [2.75, 3.05) is 11.4 Å². The molecule has 1 heterocycles. The highest BCUT2D eigenvalue weighted by Gasteiger charge is 2.25. The minimum absolute atomic E-state index is 0.124. The van der Waals surface area contributed by atoms with Gasteiger partial charge in [0.2, 0.25) is 0 Å². The summed E-state index contributed by atoms with van der Waals surface area (Å²) in [5, 5.41) is 0. The molecule has 2 nitrogen and oxygen atoms in total. The Kier molecular flexibility index (Phi) is 3.93. The van der Waals surface area contributed by atoms with Crippen molar-refractivity contribution in [3.63, 3.8) is 0 Å². The molecule has 0 bridgehead atoms. The van der Waals surface area contributed by atoms with Crippen LogP contribution in [0.5, 0.6) is 0 Å². The smallest absolute Gasteiger partial charge is 0.123 e. The molecular formula is C18H21FN2. The molecule has 2 unspecified atom stereocenters. The van der Waals surface area contributed by atoms with Gasteiger partial charge in [0.1, 0.15) is 5.82 Å². The van der Waals surface area contributed by atoms with E-state index in [1.54, 1.807) is 6.07 Å². The van der Waals surface area contributed by atoms with Gasteiger partial charge in [-0.05, 0) is 49.1 Å². The zero-order valence-electron chi connectivity index (χ0n) is 12.3. The second-order valence-corrected chi connectivity index (χ2v) is 5.83. The Morgan fingerprint density at radius 2 is 2.05 bits per heavy atom. The third-order valence-electron chi connectivity index (χ3n) is 4.31. The molecule has 2 N–H and O–H groups in total. The highest BCUT2D eigenvalue weighted by molar-refractivity contribution is 5.59. The van der Waals surface area contributed by atoms with Crippen molar-refractivity contribution < 1.29 is 4.39 Å². The van der Waals surface area contributed by atoms with Crippen molar-refractivity contribution in [2.24, 2.45) is 5.73 Å². The van der Waals surface area contributed by atoms with Gasteiger partial charge in [-0.15, -0.1) is 0 Å². The summed E-state index contributed by atoms with van der Waals surface area (Å²) in [5.74, 6) is -0.220. The number of halogens is 1. The number of para-hydroxylation sites is 1. The van der Waals surface area contributed by atoms with Crippen LogP contribution in [0.4, 0.5) is 10.1 Å². The molecule has 2 aromatic carbocycles. The average molecular weight is 284 g/mol. The van der Waals surface area contributed by atoms with E-state index in [1.165, 1.54) is 23.4 Å². The van der Waals surface area contributed by atoms with Crippen LogP contribution in [0.2, 0.25) is 0 Å². The van der Waals surface area contributed by atoms with Crippen LogP contribution in [0.25, 0.3) is 0 Å². The molecule has 0 aromatic heterocycles. The molecule has 0 radical (unpaired) electrons. The SMILES string of the molecule is CC1Cc2ccccc2N1CCC(N)c1cccc(F)c1. The van der Waals surface area contributed by atoms with E-state index in [0.717, 1.165) is 24.9 Å². The summed E-state index contributed by atoms with van der Waals surface area (Å²) in [7, 11) is 0. The lowest BCUT2D eigenvalue weighted by Crippen LogP contribution is -2.32. The first-order chi connectivity index (χ1) is 10.1. The Balaban J connectivity index is 1.68. The summed E-state index contributed by atoms with van der Waals surface area (Å²) in [5.41, 5.74) is 9.81. The zero-order valence-corrected chi connectivity index (χ0v) is 12.3. The molecule has 1 aliphatic rings. The highest BCUT2D eigenvalue weighted by Crippen LogP contribution is 2.32. The van der Waals surface area contributed by atoms with Crippen molar-refractivity contribution in [1.82, 2.24) is 0 Å². The standard InChI is InChI=1S/C18H21FN2/c1-13-11-15-5-2-3-8-18(15)21(13)10-9-17(20)14-6-4-7-16(19)12-14/h2-8,12-13,17H,9-11,20H2,1H3. The maximum absolute atomic E-state index is 13.3. The van der Waals surface area contributed by atoms with E-state index in [0.29, 0.717) is 6.04 Å². The summed E-state index contributed by atoms with van der Waals surface area (Å²) in [6.07, 6.45) is 1.91. The van der Waals surface area contributed by atoms with Gasteiger partial charge in [-0.3, -0.25) is 0 Å². The number of fused-ring (bicyclic) bond motifs is 1. The van der Waals surface area contributed by atoms with E-state index < -0.39 is 0 Å². The predicted molar refractivity (Wildman–Crippen MR) is 84.9 cm³/mol. The number of benzene rings is 2.